The fraction of sp³-hybridized carbons (Fsp3) is 0.394. The molecular formula is C33H42SSi. The first-order chi connectivity index (χ1) is 16.7. The molecule has 0 fully saturated rings. The molecule has 1 heterocycles. The second-order valence-corrected chi connectivity index (χ2v) is 13.6. The maximum absolute atomic E-state index is 2.48. The van der Waals surface area contributed by atoms with Gasteiger partial charge in [-0.05, 0) is 70.4 Å². The molecule has 0 radical (unpaired) electrons. The zero-order valence-corrected chi connectivity index (χ0v) is 25.8. The normalized spacial score (nSPS) is 20.7. The molecule has 35 heavy (non-hydrogen) atoms. The van der Waals surface area contributed by atoms with Crippen molar-refractivity contribution < 1.29 is 0 Å². The van der Waals surface area contributed by atoms with E-state index in [9.17, 15) is 0 Å². The third-order valence-corrected chi connectivity index (χ3v) is 10.6. The molecule has 2 aromatic carbocycles. The summed E-state index contributed by atoms with van der Waals surface area (Å²) in [6, 6.07) is 16.0. The smallest absolute Gasteiger partial charge is 0.0329 e. The lowest BCUT2D eigenvalue weighted by atomic mass is 9.86. The highest BCUT2D eigenvalue weighted by atomic mass is 32.2. The third-order valence-electron chi connectivity index (χ3n) is 7.78. The lowest BCUT2D eigenvalue weighted by Crippen LogP contribution is -2.10. The van der Waals surface area contributed by atoms with Crippen LogP contribution in [0.1, 0.15) is 90.0 Å². The van der Waals surface area contributed by atoms with E-state index < -0.39 is 0 Å². The molecule has 5 rings (SSSR count). The van der Waals surface area contributed by atoms with Crippen molar-refractivity contribution >= 4 is 28.1 Å². The summed E-state index contributed by atoms with van der Waals surface area (Å²) >= 11 is 1.98. The number of fused-ring (bicyclic) bond motifs is 2. The summed E-state index contributed by atoms with van der Waals surface area (Å²) in [5.74, 6) is 0.657. The van der Waals surface area contributed by atoms with E-state index in [4.69, 9.17) is 0 Å². The maximum atomic E-state index is 2.48. The number of benzene rings is 2. The van der Waals surface area contributed by atoms with Crippen LogP contribution in [0.5, 0.6) is 0 Å². The number of rotatable bonds is 4. The molecule has 2 aromatic rings. The van der Waals surface area contributed by atoms with Crippen LogP contribution in [-0.4, -0.2) is 10.2 Å². The van der Waals surface area contributed by atoms with Gasteiger partial charge in [0.05, 0.1) is 0 Å². The van der Waals surface area contributed by atoms with E-state index in [1.807, 2.05) is 11.8 Å². The molecule has 2 atom stereocenters. The van der Waals surface area contributed by atoms with E-state index in [0.29, 0.717) is 11.5 Å². The van der Waals surface area contributed by atoms with Crippen LogP contribution in [-0.2, 0) is 5.41 Å². The Kier molecular flexibility index (Phi) is 7.83. The Labute approximate surface area is 221 Å². The molecule has 0 amide bonds. The van der Waals surface area contributed by atoms with Gasteiger partial charge in [-0.15, -0.1) is 0 Å². The van der Waals surface area contributed by atoms with Crippen LogP contribution in [0.2, 0.25) is 0 Å². The van der Waals surface area contributed by atoms with E-state index in [1.54, 1.807) is 26.5 Å². The van der Waals surface area contributed by atoms with E-state index in [2.05, 4.69) is 109 Å². The van der Waals surface area contributed by atoms with Gasteiger partial charge in [0, 0.05) is 21.1 Å². The summed E-state index contributed by atoms with van der Waals surface area (Å²) in [6.45, 7) is 15.9. The molecule has 0 aromatic heterocycles. The molecule has 0 saturated heterocycles. The molecule has 0 saturated carbocycles. The van der Waals surface area contributed by atoms with Gasteiger partial charge in [0.2, 0.25) is 0 Å². The molecule has 0 nitrogen and oxygen atoms in total. The Morgan fingerprint density at radius 3 is 2.26 bits per heavy atom. The minimum atomic E-state index is 0.214. The summed E-state index contributed by atoms with van der Waals surface area (Å²) in [5, 5.41) is 0. The maximum Gasteiger partial charge on any atom is 0.0329 e. The van der Waals surface area contributed by atoms with Crippen molar-refractivity contribution in [3.63, 3.8) is 0 Å². The van der Waals surface area contributed by atoms with E-state index in [-0.39, 0.29) is 5.41 Å². The van der Waals surface area contributed by atoms with Crippen molar-refractivity contribution in [3.8, 4) is 11.1 Å². The Bertz CT molecular complexity index is 1210. The first kappa shape index (κ1) is 26.0. The highest BCUT2D eigenvalue weighted by Crippen LogP contribution is 2.51. The fourth-order valence-corrected chi connectivity index (χ4v) is 7.91. The number of thioether (sulfide) groups is 1. The highest BCUT2D eigenvalue weighted by Gasteiger charge is 2.30. The molecule has 2 unspecified atom stereocenters. The topological polar surface area (TPSA) is 0 Å². The molecule has 2 aliphatic carbocycles. The minimum Gasteiger partial charge on any atom is -0.0981 e. The van der Waals surface area contributed by atoms with Gasteiger partial charge < -0.3 is 0 Å². The third kappa shape index (κ3) is 5.25. The van der Waals surface area contributed by atoms with Gasteiger partial charge in [-0.1, -0.05) is 130 Å². The fourth-order valence-electron chi connectivity index (χ4n) is 5.62. The van der Waals surface area contributed by atoms with Crippen molar-refractivity contribution in [2.75, 3.05) is 0 Å². The van der Waals surface area contributed by atoms with Gasteiger partial charge in [-0.3, -0.25) is 0 Å². The Morgan fingerprint density at radius 2 is 1.66 bits per heavy atom. The number of hydrogen-bond acceptors (Lipinski definition) is 1. The van der Waals surface area contributed by atoms with Crippen molar-refractivity contribution in [2.45, 2.75) is 78.7 Å². The lowest BCUT2D eigenvalue weighted by Gasteiger charge is -2.19. The molecule has 3 aliphatic rings. The first-order valence-corrected chi connectivity index (χ1v) is 15.3. The van der Waals surface area contributed by atoms with Crippen LogP contribution in [0.25, 0.3) is 17.2 Å². The van der Waals surface area contributed by atoms with E-state index in [0.717, 1.165) is 0 Å². The van der Waals surface area contributed by atoms with Crippen molar-refractivity contribution in [1.29, 1.82) is 0 Å². The molecule has 0 N–H and O–H groups in total. The summed E-state index contributed by atoms with van der Waals surface area (Å²) in [6.07, 6.45) is 10.7. The molecule has 1 aliphatic heterocycles. The summed E-state index contributed by atoms with van der Waals surface area (Å²) in [7, 11) is 1.21. The quantitative estimate of drug-likeness (QED) is 0.379. The SMILES string of the molecule is CCC1=C(C)C2C(C)=CC=C2S1.CCCC1=Cc2c(-c3ccc(C(C)(C)C)cc3)cccc2C1[SiH3]. The largest absolute Gasteiger partial charge is 0.0981 e. The summed E-state index contributed by atoms with van der Waals surface area (Å²) in [4.78, 5) is 3.13. The van der Waals surface area contributed by atoms with E-state index >= 15 is 0 Å². The molecule has 184 valence electrons. The average Bonchev–Trinajstić information content (AvgIpc) is 3.47. The predicted octanol–water partition coefficient (Wildman–Crippen LogP) is 9.13. The zero-order chi connectivity index (χ0) is 25.3. The second kappa shape index (κ2) is 10.5. The molecular weight excluding hydrogens is 457 g/mol. The molecule has 0 spiro atoms. The van der Waals surface area contributed by atoms with Crippen LogP contribution in [0.3, 0.4) is 0 Å². The standard InChI is InChI=1S/C22H28Si.C11H14S/c1-5-7-16-14-20-18(8-6-9-19(20)21(16)23)15-10-12-17(13-11-15)22(2,3)4;1-4-9-8(3)11-7(2)5-6-10(11)12-9/h6,8-14,21H,5,7H2,1-4,23H3;5-6,11H,4H2,1-3H3. The Morgan fingerprint density at radius 1 is 0.943 bits per heavy atom. The van der Waals surface area contributed by atoms with Crippen LogP contribution < -0.4 is 0 Å². The van der Waals surface area contributed by atoms with E-state index in [1.165, 1.54) is 57.3 Å². The average molecular weight is 499 g/mol. The Hall–Kier alpha value is -2.03. The minimum absolute atomic E-state index is 0.214. The van der Waals surface area contributed by atoms with Crippen molar-refractivity contribution in [3.05, 3.63) is 97.8 Å². The van der Waals surface area contributed by atoms with Gasteiger partial charge in [0.25, 0.3) is 0 Å². The summed E-state index contributed by atoms with van der Waals surface area (Å²) in [5.41, 5.74) is 12.8. The highest BCUT2D eigenvalue weighted by molar-refractivity contribution is 8.07. The predicted molar refractivity (Wildman–Crippen MR) is 162 cm³/mol. The van der Waals surface area contributed by atoms with Crippen LogP contribution in [0.15, 0.2) is 81.1 Å². The van der Waals surface area contributed by atoms with Gasteiger partial charge >= 0.3 is 0 Å². The van der Waals surface area contributed by atoms with Crippen LogP contribution in [0, 0.1) is 5.92 Å². The van der Waals surface area contributed by atoms with Crippen molar-refractivity contribution in [2.24, 2.45) is 5.92 Å². The van der Waals surface area contributed by atoms with Gasteiger partial charge in [-0.2, -0.15) is 0 Å². The molecule has 0 bridgehead atoms. The second-order valence-electron chi connectivity index (χ2n) is 11.3. The van der Waals surface area contributed by atoms with Gasteiger partial charge in [-0.25, -0.2) is 0 Å². The number of allylic oxidation sites excluding steroid dienone is 7. The number of hydrogen-bond donors (Lipinski definition) is 0. The first-order valence-electron chi connectivity index (χ1n) is 13.4. The van der Waals surface area contributed by atoms with Crippen LogP contribution in [0.4, 0.5) is 0 Å². The Balaban J connectivity index is 0.000000201. The molecule has 2 heteroatoms. The van der Waals surface area contributed by atoms with Gasteiger partial charge in [0.1, 0.15) is 0 Å². The van der Waals surface area contributed by atoms with Crippen molar-refractivity contribution in [1.82, 2.24) is 0 Å². The zero-order valence-electron chi connectivity index (χ0n) is 23.0. The van der Waals surface area contributed by atoms with Gasteiger partial charge in [0.15, 0.2) is 0 Å². The monoisotopic (exact) mass is 498 g/mol. The van der Waals surface area contributed by atoms with Crippen LogP contribution >= 0.6 is 11.8 Å². The lowest BCUT2D eigenvalue weighted by molar-refractivity contribution is 0.590. The summed E-state index contributed by atoms with van der Waals surface area (Å²) < 4.78 is 0.